The molecule has 3 amide bonds. The Morgan fingerprint density at radius 2 is 2.06 bits per heavy atom. The van der Waals surface area contributed by atoms with Crippen LogP contribution in [0.2, 0.25) is 0 Å². The van der Waals surface area contributed by atoms with Crippen molar-refractivity contribution in [1.82, 2.24) is 15.6 Å². The highest BCUT2D eigenvalue weighted by Crippen LogP contribution is 2.28. The average molecular weight is 467 g/mol. The number of anilines is 2. The number of aromatic nitrogens is 1. The van der Waals surface area contributed by atoms with Crippen LogP contribution in [0, 0.1) is 11.3 Å². The number of nitrogens with zero attached hydrogens (tertiary/aromatic N) is 2. The van der Waals surface area contributed by atoms with Crippen LogP contribution < -0.4 is 21.7 Å². The van der Waals surface area contributed by atoms with E-state index in [4.69, 9.17) is 10.5 Å². The lowest BCUT2D eigenvalue weighted by Crippen LogP contribution is -2.49. The van der Waals surface area contributed by atoms with Crippen molar-refractivity contribution in [3.05, 3.63) is 58.8 Å². The van der Waals surface area contributed by atoms with Crippen molar-refractivity contribution < 1.29 is 19.1 Å². The first-order chi connectivity index (χ1) is 15.8. The van der Waals surface area contributed by atoms with Crippen LogP contribution in [-0.2, 0) is 9.53 Å². The van der Waals surface area contributed by atoms with Gasteiger partial charge in [-0.25, -0.2) is 14.6 Å². The molecule has 0 radical (unpaired) electrons. The van der Waals surface area contributed by atoms with Gasteiger partial charge in [-0.05, 0) is 32.0 Å². The molecule has 2 aromatic rings. The summed E-state index contributed by atoms with van der Waals surface area (Å²) in [6.07, 6.45) is 0. The van der Waals surface area contributed by atoms with Crippen LogP contribution in [0.4, 0.5) is 16.3 Å². The maximum Gasteiger partial charge on any atom is 0.337 e. The first kappa shape index (κ1) is 23.6. The number of thioether (sulfide) groups is 1. The van der Waals surface area contributed by atoms with Crippen LogP contribution in [0.5, 0.6) is 0 Å². The maximum absolute atomic E-state index is 12.6. The number of nitrogens with one attached hydrogen (secondary N) is 3. The highest BCUT2D eigenvalue weighted by Gasteiger charge is 2.30. The van der Waals surface area contributed by atoms with Crippen molar-refractivity contribution >= 4 is 41.2 Å². The fourth-order valence-electron chi connectivity index (χ4n) is 3.14. The van der Waals surface area contributed by atoms with E-state index in [1.165, 1.54) is 6.07 Å². The lowest BCUT2D eigenvalue weighted by atomic mass is 10.1. The number of hydrogen-bond acceptors (Lipinski definition) is 8. The minimum absolute atomic E-state index is 0.0489. The molecule has 0 aliphatic carbocycles. The van der Waals surface area contributed by atoms with E-state index in [0.717, 1.165) is 11.8 Å². The quantitative estimate of drug-likeness (QED) is 0.357. The molecule has 0 saturated heterocycles. The molecule has 0 bridgehead atoms. The van der Waals surface area contributed by atoms with Gasteiger partial charge in [0.2, 0.25) is 0 Å². The van der Waals surface area contributed by atoms with E-state index in [0.29, 0.717) is 11.4 Å². The Kier molecular flexibility index (Phi) is 7.53. The van der Waals surface area contributed by atoms with Crippen molar-refractivity contribution in [2.75, 3.05) is 23.4 Å². The smallest absolute Gasteiger partial charge is 0.337 e. The largest absolute Gasteiger partial charge is 0.463 e. The van der Waals surface area contributed by atoms with E-state index in [1.54, 1.807) is 38.1 Å². The van der Waals surface area contributed by atoms with Crippen molar-refractivity contribution in [2.45, 2.75) is 24.9 Å². The minimum Gasteiger partial charge on any atom is -0.463 e. The number of para-hydroxylation sites is 1. The molecule has 0 saturated carbocycles. The van der Waals surface area contributed by atoms with Gasteiger partial charge in [0.1, 0.15) is 16.9 Å². The van der Waals surface area contributed by atoms with E-state index >= 15 is 0 Å². The lowest BCUT2D eigenvalue weighted by Gasteiger charge is -2.26. The number of nitriles is 1. The molecule has 10 nitrogen and oxygen atoms in total. The van der Waals surface area contributed by atoms with E-state index in [2.05, 4.69) is 20.9 Å². The van der Waals surface area contributed by atoms with E-state index in [-0.39, 0.29) is 39.9 Å². The molecule has 1 aromatic carbocycles. The fraction of sp³-hybridized carbons (Fsp3) is 0.227. The molecular weight excluding hydrogens is 444 g/mol. The van der Waals surface area contributed by atoms with Gasteiger partial charge in [-0.15, -0.1) is 0 Å². The summed E-state index contributed by atoms with van der Waals surface area (Å²) in [4.78, 5) is 41.1. The number of nitrogens with two attached hydrogens (primary N) is 1. The summed E-state index contributed by atoms with van der Waals surface area (Å²) in [5.74, 6) is -0.963. The van der Waals surface area contributed by atoms with Crippen LogP contribution in [0.25, 0.3) is 0 Å². The van der Waals surface area contributed by atoms with Crippen LogP contribution in [-0.4, -0.2) is 41.3 Å². The highest BCUT2D eigenvalue weighted by atomic mass is 32.2. The molecule has 33 heavy (non-hydrogen) atoms. The second-order valence-electron chi connectivity index (χ2n) is 6.93. The number of rotatable bonds is 7. The number of ether oxygens (including phenoxy) is 1. The van der Waals surface area contributed by atoms with Gasteiger partial charge in [-0.3, -0.25) is 4.79 Å². The molecule has 1 aromatic heterocycles. The molecule has 2 heterocycles. The summed E-state index contributed by atoms with van der Waals surface area (Å²) in [6, 6.07) is 11.2. The average Bonchev–Trinajstić information content (AvgIpc) is 2.78. The number of benzene rings is 1. The molecule has 1 aliphatic rings. The summed E-state index contributed by atoms with van der Waals surface area (Å²) in [6.45, 7) is 3.55. The predicted molar refractivity (Wildman–Crippen MR) is 123 cm³/mol. The number of nitrogen functional groups attached to an aromatic ring is 1. The van der Waals surface area contributed by atoms with Crippen LogP contribution in [0.15, 0.2) is 52.7 Å². The van der Waals surface area contributed by atoms with Gasteiger partial charge in [0.25, 0.3) is 5.91 Å². The Morgan fingerprint density at radius 3 is 2.73 bits per heavy atom. The number of pyridine rings is 1. The van der Waals surface area contributed by atoms with Crippen molar-refractivity contribution in [3.63, 3.8) is 0 Å². The fourth-order valence-corrected chi connectivity index (χ4v) is 4.07. The van der Waals surface area contributed by atoms with Gasteiger partial charge in [-0.2, -0.15) is 5.26 Å². The van der Waals surface area contributed by atoms with Crippen molar-refractivity contribution in [2.24, 2.45) is 0 Å². The van der Waals surface area contributed by atoms with Gasteiger partial charge in [0, 0.05) is 17.1 Å². The maximum atomic E-state index is 12.6. The zero-order valence-corrected chi connectivity index (χ0v) is 18.8. The van der Waals surface area contributed by atoms with Gasteiger partial charge >= 0.3 is 12.0 Å². The Bertz CT molecular complexity index is 1160. The van der Waals surface area contributed by atoms with Crippen LogP contribution >= 0.6 is 11.8 Å². The first-order valence-electron chi connectivity index (χ1n) is 10.0. The molecular formula is C22H22N6O4S. The molecule has 5 N–H and O–H groups in total. The minimum atomic E-state index is -0.550. The van der Waals surface area contributed by atoms with Crippen molar-refractivity contribution in [1.29, 1.82) is 5.26 Å². The molecule has 1 aliphatic heterocycles. The molecule has 1 atom stereocenters. The third-order valence-corrected chi connectivity index (χ3v) is 5.65. The SMILES string of the molecule is CCOC(=O)C1=C(CSc2nc(N)c(C(=O)Nc3ccccc3)cc2C#N)NC(=O)NC1C. The predicted octanol–water partition coefficient (Wildman–Crippen LogP) is 2.40. The zero-order valence-electron chi connectivity index (χ0n) is 18.0. The van der Waals surface area contributed by atoms with Crippen LogP contribution in [0.1, 0.15) is 29.8 Å². The van der Waals surface area contributed by atoms with Gasteiger partial charge < -0.3 is 26.4 Å². The van der Waals surface area contributed by atoms with Gasteiger partial charge in [-0.1, -0.05) is 30.0 Å². The highest BCUT2D eigenvalue weighted by molar-refractivity contribution is 7.99. The Labute approximate surface area is 194 Å². The molecule has 3 rings (SSSR count). The topological polar surface area (TPSA) is 159 Å². The molecule has 11 heteroatoms. The number of hydrogen-bond donors (Lipinski definition) is 4. The molecule has 170 valence electrons. The first-order valence-corrected chi connectivity index (χ1v) is 11.0. The third-order valence-electron chi connectivity index (χ3n) is 4.63. The summed E-state index contributed by atoms with van der Waals surface area (Å²) >= 11 is 1.11. The summed E-state index contributed by atoms with van der Waals surface area (Å²) < 4.78 is 5.09. The summed E-state index contributed by atoms with van der Waals surface area (Å²) in [7, 11) is 0. The molecule has 1 unspecified atom stereocenters. The monoisotopic (exact) mass is 466 g/mol. The summed E-state index contributed by atoms with van der Waals surface area (Å²) in [5, 5.41) is 17.8. The number of amides is 3. The summed E-state index contributed by atoms with van der Waals surface area (Å²) in [5.41, 5.74) is 7.42. The molecule has 0 fully saturated rings. The van der Waals surface area contributed by atoms with Gasteiger partial charge in [0.05, 0.1) is 29.3 Å². The Hall–Kier alpha value is -4.04. The van der Waals surface area contributed by atoms with E-state index < -0.39 is 23.9 Å². The number of carbonyl (C=O) groups excluding carboxylic acids is 3. The zero-order chi connectivity index (χ0) is 24.0. The standard InChI is InChI=1S/C22H22N6O4S/c1-3-32-21(30)17-12(2)25-22(31)27-16(17)11-33-20-13(10-23)9-15(18(24)28-20)19(29)26-14-7-5-4-6-8-14/h4-9,12H,3,11H2,1-2H3,(H2,24,28)(H,26,29)(H2,25,27,31). The van der Waals surface area contributed by atoms with Gasteiger partial charge in [0.15, 0.2) is 0 Å². The normalized spacial score (nSPS) is 15.2. The Morgan fingerprint density at radius 1 is 1.33 bits per heavy atom. The van der Waals surface area contributed by atoms with Crippen LogP contribution in [0.3, 0.4) is 0 Å². The Balaban J connectivity index is 1.85. The second kappa shape index (κ2) is 10.5. The molecule has 0 spiro atoms. The number of carbonyl (C=O) groups is 3. The van der Waals surface area contributed by atoms with E-state index in [9.17, 15) is 19.6 Å². The number of urea groups is 1. The number of esters is 1. The third kappa shape index (κ3) is 5.61. The second-order valence-corrected chi connectivity index (χ2v) is 7.89. The lowest BCUT2D eigenvalue weighted by molar-refractivity contribution is -0.138. The van der Waals surface area contributed by atoms with Crippen molar-refractivity contribution in [3.8, 4) is 6.07 Å². The van der Waals surface area contributed by atoms with E-state index in [1.807, 2.05) is 12.1 Å².